The summed E-state index contributed by atoms with van der Waals surface area (Å²) >= 11 is 0. The maximum absolute atomic E-state index is 12.3. The summed E-state index contributed by atoms with van der Waals surface area (Å²) in [5.41, 5.74) is 0.264. The summed E-state index contributed by atoms with van der Waals surface area (Å²) in [6.07, 6.45) is -5.13. The molecular weight excluding hydrogens is 362 g/mol. The molecule has 0 amide bonds. The van der Waals surface area contributed by atoms with E-state index in [-0.39, 0.29) is 17.8 Å². The average molecular weight is 383 g/mol. The third-order valence-corrected chi connectivity index (χ3v) is 4.28. The van der Waals surface area contributed by atoms with E-state index in [0.29, 0.717) is 13.0 Å². The Morgan fingerprint density at radius 2 is 2.00 bits per heavy atom. The van der Waals surface area contributed by atoms with E-state index in [0.717, 1.165) is 5.01 Å². The van der Waals surface area contributed by atoms with Gasteiger partial charge in [-0.2, -0.15) is 4.57 Å². The Morgan fingerprint density at radius 3 is 2.63 bits per heavy atom. The molecule has 11 heteroatoms. The number of aromatic nitrogens is 1. The minimum atomic E-state index is -1.85. The number of aliphatic hydroxyl groups excluding tert-OH is 3. The van der Waals surface area contributed by atoms with Crippen LogP contribution in [0.4, 0.5) is 0 Å². The molecule has 5 atom stereocenters. The van der Waals surface area contributed by atoms with E-state index >= 15 is 0 Å². The highest BCUT2D eigenvalue weighted by Gasteiger charge is 2.48. The number of aliphatic carboxylic acids is 1. The number of carboxylic acid groups (broad SMARTS) is 1. The van der Waals surface area contributed by atoms with Gasteiger partial charge in [-0.05, 0) is 12.5 Å². The molecule has 27 heavy (non-hydrogen) atoms. The van der Waals surface area contributed by atoms with Gasteiger partial charge in [0, 0.05) is 26.1 Å². The number of carboxylic acids is 1. The molecule has 0 bridgehead atoms. The minimum absolute atomic E-state index is 0.140. The summed E-state index contributed by atoms with van der Waals surface area (Å²) in [4.78, 5) is 33.7. The van der Waals surface area contributed by atoms with Gasteiger partial charge >= 0.3 is 0 Å². The fourth-order valence-electron chi connectivity index (χ4n) is 2.77. The lowest BCUT2D eigenvalue weighted by molar-refractivity contribution is -0.777. The van der Waals surface area contributed by atoms with Crippen LogP contribution in [0.3, 0.4) is 0 Å². The van der Waals surface area contributed by atoms with Crippen molar-refractivity contribution >= 4 is 11.8 Å². The summed E-state index contributed by atoms with van der Waals surface area (Å²) < 4.78 is 6.40. The van der Waals surface area contributed by atoms with E-state index in [1.165, 1.54) is 36.1 Å². The Kier molecular flexibility index (Phi) is 6.91. The molecule has 3 N–H and O–H groups in total. The monoisotopic (exact) mass is 383 g/mol. The van der Waals surface area contributed by atoms with Crippen LogP contribution < -0.4 is 9.67 Å². The van der Waals surface area contributed by atoms with Gasteiger partial charge in [0.15, 0.2) is 24.3 Å². The highest BCUT2D eigenvalue weighted by atomic mass is 16.6. The molecule has 148 valence electrons. The van der Waals surface area contributed by atoms with Crippen LogP contribution in [0.25, 0.3) is 0 Å². The van der Waals surface area contributed by atoms with Crippen molar-refractivity contribution in [3.05, 3.63) is 35.0 Å². The molecule has 0 aliphatic carbocycles. The first kappa shape index (κ1) is 20.8. The second-order valence-electron chi connectivity index (χ2n) is 6.27. The van der Waals surface area contributed by atoms with Gasteiger partial charge in [-0.1, -0.05) is 0 Å². The van der Waals surface area contributed by atoms with E-state index in [2.05, 4.69) is 5.29 Å². The molecule has 2 rings (SSSR count). The second kappa shape index (κ2) is 8.95. The second-order valence-corrected chi connectivity index (χ2v) is 6.27. The number of hydrogen-bond donors (Lipinski definition) is 3. The van der Waals surface area contributed by atoms with Gasteiger partial charge in [0.05, 0.1) is 16.8 Å². The normalized spacial score (nSPS) is 27.8. The van der Waals surface area contributed by atoms with E-state index < -0.39 is 36.6 Å². The highest BCUT2D eigenvalue weighted by molar-refractivity contribution is 5.95. The minimum Gasteiger partial charge on any atom is -0.547 e. The fraction of sp³-hybridized carbons (Fsp3) is 0.562. The Bertz CT molecular complexity index is 700. The van der Waals surface area contributed by atoms with Crippen LogP contribution in [0.2, 0.25) is 0 Å². The molecule has 1 aromatic rings. The van der Waals surface area contributed by atoms with Crippen molar-refractivity contribution in [3.63, 3.8) is 0 Å². The van der Waals surface area contributed by atoms with Crippen molar-refractivity contribution in [2.24, 2.45) is 5.29 Å². The van der Waals surface area contributed by atoms with Crippen molar-refractivity contribution in [1.29, 1.82) is 0 Å². The number of nitrogens with zero attached hydrogens (tertiary/aromatic N) is 3. The zero-order valence-corrected chi connectivity index (χ0v) is 14.5. The number of carbonyl (C=O) groups is 2. The summed E-state index contributed by atoms with van der Waals surface area (Å²) in [6.45, 7) is 0.309. The molecule has 0 aromatic carbocycles. The smallest absolute Gasteiger partial charge is 0.292 e. The zero-order valence-electron chi connectivity index (χ0n) is 14.5. The zero-order chi connectivity index (χ0) is 20.1. The first-order valence-corrected chi connectivity index (χ1v) is 8.25. The molecule has 1 aliphatic heterocycles. The maximum atomic E-state index is 12.3. The summed E-state index contributed by atoms with van der Waals surface area (Å²) in [5.74, 6) is -1.98. The number of aliphatic hydroxyl groups is 3. The van der Waals surface area contributed by atoms with Crippen LogP contribution >= 0.6 is 0 Å². The highest BCUT2D eigenvalue weighted by Crippen LogP contribution is 2.24. The van der Waals surface area contributed by atoms with Crippen LogP contribution in [-0.2, 0) is 9.53 Å². The number of pyridine rings is 1. The quantitative estimate of drug-likeness (QED) is 0.187. The van der Waals surface area contributed by atoms with Crippen molar-refractivity contribution < 1.29 is 39.3 Å². The van der Waals surface area contributed by atoms with Gasteiger partial charge in [-0.15, -0.1) is 4.91 Å². The Labute approximate surface area is 154 Å². The predicted molar refractivity (Wildman–Crippen MR) is 85.6 cm³/mol. The van der Waals surface area contributed by atoms with Crippen LogP contribution in [0.1, 0.15) is 29.4 Å². The maximum Gasteiger partial charge on any atom is 0.292 e. The Morgan fingerprint density at radius 1 is 1.30 bits per heavy atom. The number of nitroso groups, excluding NO2 is 1. The van der Waals surface area contributed by atoms with Gasteiger partial charge in [0.2, 0.25) is 0 Å². The summed E-state index contributed by atoms with van der Waals surface area (Å²) in [6, 6.07) is 3.02. The van der Waals surface area contributed by atoms with E-state index in [9.17, 15) is 34.9 Å². The molecule has 0 radical (unpaired) electrons. The molecule has 1 aliphatic rings. The summed E-state index contributed by atoms with van der Waals surface area (Å²) in [7, 11) is 1.49. The van der Waals surface area contributed by atoms with Crippen LogP contribution in [0.15, 0.2) is 29.8 Å². The van der Waals surface area contributed by atoms with Crippen LogP contribution in [0.5, 0.6) is 0 Å². The molecule has 0 spiro atoms. The Balaban J connectivity index is 2.14. The SMILES string of the molecule is CN(CCCC(=O)c1ccc[n+]([C@@H]2O[C@H](C(=O)[O-])[C@@H](O)[C@H](O)[C@@H]2O)c1)N=O. The van der Waals surface area contributed by atoms with Gasteiger partial charge in [-0.25, -0.2) is 0 Å². The number of carbonyl (C=O) groups excluding carboxylic acids is 2. The van der Waals surface area contributed by atoms with Gasteiger partial charge in [0.1, 0.15) is 18.3 Å². The van der Waals surface area contributed by atoms with Crippen molar-refractivity contribution in [2.75, 3.05) is 13.6 Å². The third-order valence-electron chi connectivity index (χ3n) is 4.28. The van der Waals surface area contributed by atoms with Crippen molar-refractivity contribution in [1.82, 2.24) is 5.01 Å². The van der Waals surface area contributed by atoms with Crippen LogP contribution in [-0.4, -0.2) is 70.1 Å². The number of ketones is 1. The molecule has 2 heterocycles. The number of hydrogen-bond acceptors (Lipinski definition) is 9. The first-order valence-electron chi connectivity index (χ1n) is 8.25. The molecule has 1 aromatic heterocycles. The lowest BCUT2D eigenvalue weighted by Gasteiger charge is -2.37. The lowest BCUT2D eigenvalue weighted by Crippen LogP contribution is -2.65. The number of Topliss-reactive ketones (excluding diaryl/α,β-unsaturated/α-hetero) is 1. The largest absolute Gasteiger partial charge is 0.547 e. The third kappa shape index (κ3) is 4.83. The number of ether oxygens (including phenoxy) is 1. The average Bonchev–Trinajstić information content (AvgIpc) is 2.65. The molecule has 1 saturated heterocycles. The predicted octanol–water partition coefficient (Wildman–Crippen LogP) is -2.72. The fourth-order valence-corrected chi connectivity index (χ4v) is 2.77. The van der Waals surface area contributed by atoms with E-state index in [1.54, 1.807) is 0 Å². The van der Waals surface area contributed by atoms with Gasteiger partial charge in [0.25, 0.3) is 6.23 Å². The van der Waals surface area contributed by atoms with E-state index in [1.807, 2.05) is 0 Å². The summed E-state index contributed by atoms with van der Waals surface area (Å²) in [5, 5.41) is 44.6. The van der Waals surface area contributed by atoms with Crippen molar-refractivity contribution in [2.45, 2.75) is 43.5 Å². The first-order chi connectivity index (χ1) is 12.8. The lowest BCUT2D eigenvalue weighted by atomic mass is 9.97. The van der Waals surface area contributed by atoms with Crippen molar-refractivity contribution in [3.8, 4) is 0 Å². The number of rotatable bonds is 8. The van der Waals surface area contributed by atoms with E-state index in [4.69, 9.17) is 4.74 Å². The molecule has 11 nitrogen and oxygen atoms in total. The Hall–Kier alpha value is -2.47. The molecule has 0 saturated carbocycles. The molecule has 1 fully saturated rings. The van der Waals surface area contributed by atoms with Crippen LogP contribution in [0, 0.1) is 4.91 Å². The van der Waals surface area contributed by atoms with Gasteiger partial charge < -0.3 is 30.0 Å². The molecular formula is C16H21N3O8. The topological polar surface area (TPSA) is 164 Å². The molecule has 0 unspecified atom stereocenters. The van der Waals surface area contributed by atoms with Gasteiger partial charge in [-0.3, -0.25) is 9.80 Å². The standard InChI is InChI=1S/C16H21N3O8/c1-18(17-26)6-3-5-10(20)9-4-2-7-19(8-9)15-13(23)11(21)12(22)14(27-15)16(24)25/h2,4,7-8,11-15,21-23H,3,5-6H2,1H3/t11-,12-,13-,14-,15+/m0/s1.